The fourth-order valence-corrected chi connectivity index (χ4v) is 5.95. The Morgan fingerprint density at radius 3 is 2.37 bits per heavy atom. The van der Waals surface area contributed by atoms with Crippen LogP contribution in [0, 0.1) is 6.92 Å². The number of nitrogens with one attached hydrogen (secondary N) is 2. The number of aryl methyl sites for hydroxylation is 1. The van der Waals surface area contributed by atoms with Crippen LogP contribution in [0.4, 0.5) is 11.4 Å². The SMILES string of the molecule is COc1cccc(N(CC(=O)Nc2ccccc2C(=O)NC2CCCCC2)S(=O)(=O)c2ccc(C)cc2)c1. The van der Waals surface area contributed by atoms with E-state index in [1.165, 1.54) is 25.7 Å². The van der Waals surface area contributed by atoms with Crippen molar-refractivity contribution < 1.29 is 22.7 Å². The lowest BCUT2D eigenvalue weighted by molar-refractivity contribution is -0.114. The number of amides is 2. The predicted molar refractivity (Wildman–Crippen MR) is 148 cm³/mol. The van der Waals surface area contributed by atoms with Crippen molar-refractivity contribution in [3.8, 4) is 5.75 Å². The fourth-order valence-electron chi connectivity index (χ4n) is 4.54. The molecule has 0 bridgehead atoms. The summed E-state index contributed by atoms with van der Waals surface area (Å²) in [6.45, 7) is 1.37. The Bertz CT molecular complexity index is 1380. The highest BCUT2D eigenvalue weighted by Crippen LogP contribution is 2.28. The van der Waals surface area contributed by atoms with E-state index in [4.69, 9.17) is 4.74 Å². The van der Waals surface area contributed by atoms with Gasteiger partial charge in [0.15, 0.2) is 0 Å². The van der Waals surface area contributed by atoms with E-state index in [1.807, 2.05) is 6.92 Å². The molecule has 1 aliphatic rings. The van der Waals surface area contributed by atoms with Crippen molar-refractivity contribution in [2.24, 2.45) is 0 Å². The van der Waals surface area contributed by atoms with Gasteiger partial charge in [-0.25, -0.2) is 8.42 Å². The second-order valence-corrected chi connectivity index (χ2v) is 11.3. The minimum Gasteiger partial charge on any atom is -0.497 e. The molecule has 3 aromatic carbocycles. The Morgan fingerprint density at radius 1 is 0.947 bits per heavy atom. The van der Waals surface area contributed by atoms with Crippen LogP contribution in [0.25, 0.3) is 0 Å². The summed E-state index contributed by atoms with van der Waals surface area (Å²) in [6, 6.07) is 19.8. The molecule has 1 fully saturated rings. The number of hydrogen-bond donors (Lipinski definition) is 2. The van der Waals surface area contributed by atoms with Crippen molar-refractivity contribution in [2.45, 2.75) is 50.0 Å². The summed E-state index contributed by atoms with van der Waals surface area (Å²) >= 11 is 0. The first-order valence-corrected chi connectivity index (χ1v) is 14.1. The van der Waals surface area contributed by atoms with Gasteiger partial charge in [-0.05, 0) is 56.2 Å². The molecule has 0 unspecified atom stereocenters. The van der Waals surface area contributed by atoms with Gasteiger partial charge in [0.2, 0.25) is 5.91 Å². The van der Waals surface area contributed by atoms with E-state index in [0.717, 1.165) is 35.6 Å². The van der Waals surface area contributed by atoms with Gasteiger partial charge in [0, 0.05) is 12.1 Å². The van der Waals surface area contributed by atoms with Gasteiger partial charge in [0.05, 0.1) is 28.9 Å². The van der Waals surface area contributed by atoms with Gasteiger partial charge in [0.25, 0.3) is 15.9 Å². The van der Waals surface area contributed by atoms with Crippen molar-refractivity contribution in [1.82, 2.24) is 5.32 Å². The van der Waals surface area contributed by atoms with Crippen LogP contribution in [0.15, 0.2) is 77.7 Å². The highest BCUT2D eigenvalue weighted by atomic mass is 32.2. The maximum Gasteiger partial charge on any atom is 0.264 e. The average Bonchev–Trinajstić information content (AvgIpc) is 2.92. The summed E-state index contributed by atoms with van der Waals surface area (Å²) < 4.78 is 33.7. The van der Waals surface area contributed by atoms with Crippen LogP contribution in [-0.4, -0.2) is 39.9 Å². The Labute approximate surface area is 224 Å². The number of hydrogen-bond acceptors (Lipinski definition) is 5. The van der Waals surface area contributed by atoms with Crippen LogP contribution >= 0.6 is 0 Å². The summed E-state index contributed by atoms with van der Waals surface area (Å²) in [5, 5.41) is 5.82. The predicted octanol–water partition coefficient (Wildman–Crippen LogP) is 4.90. The topological polar surface area (TPSA) is 105 Å². The first-order valence-electron chi connectivity index (χ1n) is 12.7. The number of sulfonamides is 1. The lowest BCUT2D eigenvalue weighted by Gasteiger charge is -2.25. The molecule has 0 heterocycles. The van der Waals surface area contributed by atoms with Crippen LogP contribution in [0.1, 0.15) is 48.0 Å². The molecule has 2 N–H and O–H groups in total. The fraction of sp³-hybridized carbons (Fsp3) is 0.310. The molecule has 9 heteroatoms. The van der Waals surface area contributed by atoms with Gasteiger partial charge in [-0.3, -0.25) is 13.9 Å². The van der Waals surface area contributed by atoms with E-state index in [2.05, 4.69) is 10.6 Å². The van der Waals surface area contributed by atoms with Crippen LogP contribution < -0.4 is 19.7 Å². The number of carbonyl (C=O) groups is 2. The smallest absolute Gasteiger partial charge is 0.264 e. The molecule has 2 amide bonds. The Morgan fingerprint density at radius 2 is 1.66 bits per heavy atom. The van der Waals surface area contributed by atoms with Crippen molar-refractivity contribution in [2.75, 3.05) is 23.3 Å². The molecule has 0 radical (unpaired) electrons. The third-order valence-corrected chi connectivity index (χ3v) is 8.41. The molecular weight excluding hydrogens is 502 g/mol. The molecule has 38 heavy (non-hydrogen) atoms. The first-order chi connectivity index (χ1) is 18.3. The first kappa shape index (κ1) is 27.2. The standard InChI is InChI=1S/C29H33N3O5S/c1-21-15-17-25(18-16-21)38(35,36)32(23-11-8-12-24(19-23)37-2)20-28(33)31-27-14-7-6-13-26(27)29(34)30-22-9-4-3-5-10-22/h6-8,11-19,22H,3-5,9-10,20H2,1-2H3,(H,30,34)(H,31,33). The van der Waals surface area contributed by atoms with Gasteiger partial charge in [0.1, 0.15) is 12.3 Å². The maximum atomic E-state index is 13.7. The van der Waals surface area contributed by atoms with Gasteiger partial charge in [-0.1, -0.05) is 55.2 Å². The summed E-state index contributed by atoms with van der Waals surface area (Å²) in [5.41, 5.74) is 1.85. The number of rotatable bonds is 9. The zero-order chi connectivity index (χ0) is 27.1. The van der Waals surface area contributed by atoms with E-state index in [-0.39, 0.29) is 22.5 Å². The molecule has 1 aliphatic carbocycles. The molecule has 3 aromatic rings. The summed E-state index contributed by atoms with van der Waals surface area (Å²) in [4.78, 5) is 26.3. The molecule has 0 saturated heterocycles. The lowest BCUT2D eigenvalue weighted by atomic mass is 9.95. The van der Waals surface area contributed by atoms with Crippen LogP contribution in [0.5, 0.6) is 5.75 Å². The Balaban J connectivity index is 1.59. The largest absolute Gasteiger partial charge is 0.497 e. The third kappa shape index (κ3) is 6.52. The molecule has 8 nitrogen and oxygen atoms in total. The number of ether oxygens (including phenoxy) is 1. The minimum atomic E-state index is -4.09. The summed E-state index contributed by atoms with van der Waals surface area (Å²) in [6.07, 6.45) is 5.21. The van der Waals surface area contributed by atoms with Gasteiger partial charge in [-0.15, -0.1) is 0 Å². The molecule has 0 aromatic heterocycles. The van der Waals surface area contributed by atoms with Crippen LogP contribution in [0.3, 0.4) is 0 Å². The summed E-state index contributed by atoms with van der Waals surface area (Å²) in [7, 11) is -2.61. The minimum absolute atomic E-state index is 0.0611. The number of carbonyl (C=O) groups excluding carboxylic acids is 2. The normalized spacial score (nSPS) is 13.9. The monoisotopic (exact) mass is 535 g/mol. The molecule has 4 rings (SSSR count). The van der Waals surface area contributed by atoms with E-state index < -0.39 is 22.5 Å². The zero-order valence-corrected chi connectivity index (χ0v) is 22.5. The maximum absolute atomic E-state index is 13.7. The van der Waals surface area contributed by atoms with Crippen molar-refractivity contribution >= 4 is 33.2 Å². The Kier molecular flexibility index (Phi) is 8.68. The molecule has 1 saturated carbocycles. The molecular formula is C29H33N3O5S. The number of methoxy groups -OCH3 is 1. The molecule has 200 valence electrons. The van der Waals surface area contributed by atoms with Gasteiger partial charge >= 0.3 is 0 Å². The van der Waals surface area contributed by atoms with Crippen molar-refractivity contribution in [1.29, 1.82) is 0 Å². The quantitative estimate of drug-likeness (QED) is 0.406. The molecule has 0 atom stereocenters. The summed E-state index contributed by atoms with van der Waals surface area (Å²) in [5.74, 6) is -0.386. The second kappa shape index (κ2) is 12.1. The number of benzene rings is 3. The van der Waals surface area contributed by atoms with Crippen molar-refractivity contribution in [3.05, 3.63) is 83.9 Å². The van der Waals surface area contributed by atoms with Crippen molar-refractivity contribution in [3.63, 3.8) is 0 Å². The van der Waals surface area contributed by atoms with Crippen LogP contribution in [-0.2, 0) is 14.8 Å². The molecule has 0 aliphatic heterocycles. The number of nitrogens with zero attached hydrogens (tertiary/aromatic N) is 1. The van der Waals surface area contributed by atoms with E-state index in [0.29, 0.717) is 17.0 Å². The highest BCUT2D eigenvalue weighted by Gasteiger charge is 2.28. The average molecular weight is 536 g/mol. The lowest BCUT2D eigenvalue weighted by Crippen LogP contribution is -2.39. The van der Waals surface area contributed by atoms with E-state index in [9.17, 15) is 18.0 Å². The number of anilines is 2. The van der Waals surface area contributed by atoms with Gasteiger partial charge in [-0.2, -0.15) is 0 Å². The van der Waals surface area contributed by atoms with E-state index >= 15 is 0 Å². The zero-order valence-electron chi connectivity index (χ0n) is 21.6. The van der Waals surface area contributed by atoms with Crippen LogP contribution in [0.2, 0.25) is 0 Å². The van der Waals surface area contributed by atoms with E-state index in [1.54, 1.807) is 60.7 Å². The van der Waals surface area contributed by atoms with Gasteiger partial charge < -0.3 is 15.4 Å². The highest BCUT2D eigenvalue weighted by molar-refractivity contribution is 7.92. The second-order valence-electron chi connectivity index (χ2n) is 9.43. The molecule has 0 spiro atoms. The Hall–Kier alpha value is -3.85. The third-order valence-electron chi connectivity index (χ3n) is 6.62. The number of para-hydroxylation sites is 1.